The maximum atomic E-state index is 12.7. The standard InChI is InChI=1S/C26H30N4O3/c1-18-22(26(31)29-20-9-5-4-6-10-20)16-27-25(28-18)23-11-7-8-14-30(23)17-19-12-13-21(32-2)15-24(19)33-3/h4-6,9-10,12-13,15-16,23H,7-8,11,14,17H2,1-3H3,(H,29,31)/t23-/m1/s1. The molecule has 1 fully saturated rings. The average Bonchev–Trinajstić information content (AvgIpc) is 2.85. The lowest BCUT2D eigenvalue weighted by Gasteiger charge is -2.35. The minimum atomic E-state index is -0.200. The molecule has 2 aromatic carbocycles. The minimum absolute atomic E-state index is 0.0930. The second-order valence-electron chi connectivity index (χ2n) is 8.21. The largest absolute Gasteiger partial charge is 0.497 e. The number of carbonyl (C=O) groups excluding carboxylic acids is 1. The van der Waals surface area contributed by atoms with Crippen LogP contribution in [0.15, 0.2) is 54.7 Å². The monoisotopic (exact) mass is 446 g/mol. The molecule has 4 rings (SSSR count). The zero-order valence-corrected chi connectivity index (χ0v) is 19.4. The van der Waals surface area contributed by atoms with Crippen molar-refractivity contribution in [2.45, 2.75) is 38.8 Å². The number of rotatable bonds is 7. The number of aryl methyl sites for hydroxylation is 1. The molecule has 0 spiro atoms. The summed E-state index contributed by atoms with van der Waals surface area (Å²) < 4.78 is 10.9. The molecule has 1 saturated heterocycles. The normalized spacial score (nSPS) is 16.3. The summed E-state index contributed by atoms with van der Waals surface area (Å²) in [5.74, 6) is 2.14. The molecule has 3 aromatic rings. The predicted molar refractivity (Wildman–Crippen MR) is 128 cm³/mol. The number of amides is 1. The molecule has 1 N–H and O–H groups in total. The van der Waals surface area contributed by atoms with Gasteiger partial charge in [0.15, 0.2) is 0 Å². The predicted octanol–water partition coefficient (Wildman–Crippen LogP) is 4.78. The molecule has 7 heteroatoms. The van der Waals surface area contributed by atoms with Crippen molar-refractivity contribution in [2.75, 3.05) is 26.1 Å². The number of aromatic nitrogens is 2. The van der Waals surface area contributed by atoms with E-state index in [1.807, 2.05) is 55.5 Å². The highest BCUT2D eigenvalue weighted by Gasteiger charge is 2.28. The van der Waals surface area contributed by atoms with Gasteiger partial charge in [-0.25, -0.2) is 9.97 Å². The van der Waals surface area contributed by atoms with Crippen LogP contribution in [0.25, 0.3) is 0 Å². The van der Waals surface area contributed by atoms with Crippen molar-refractivity contribution >= 4 is 11.6 Å². The lowest BCUT2D eigenvalue weighted by atomic mass is 9.99. The molecule has 7 nitrogen and oxygen atoms in total. The highest BCUT2D eigenvalue weighted by Crippen LogP contribution is 2.33. The average molecular weight is 447 g/mol. The molecule has 0 unspecified atom stereocenters. The van der Waals surface area contributed by atoms with Crippen molar-refractivity contribution in [2.24, 2.45) is 0 Å². The van der Waals surface area contributed by atoms with E-state index < -0.39 is 0 Å². The number of carbonyl (C=O) groups is 1. The van der Waals surface area contributed by atoms with Crippen molar-refractivity contribution < 1.29 is 14.3 Å². The highest BCUT2D eigenvalue weighted by atomic mass is 16.5. The van der Waals surface area contributed by atoms with Gasteiger partial charge in [0.1, 0.15) is 17.3 Å². The van der Waals surface area contributed by atoms with Gasteiger partial charge in [-0.05, 0) is 44.5 Å². The van der Waals surface area contributed by atoms with Gasteiger partial charge in [0.25, 0.3) is 5.91 Å². The van der Waals surface area contributed by atoms with E-state index in [-0.39, 0.29) is 11.9 Å². The van der Waals surface area contributed by atoms with Crippen LogP contribution >= 0.6 is 0 Å². The number of likely N-dealkylation sites (tertiary alicyclic amines) is 1. The molecule has 0 aliphatic carbocycles. The quantitative estimate of drug-likeness (QED) is 0.563. The third kappa shape index (κ3) is 5.31. The fraction of sp³-hybridized carbons (Fsp3) is 0.346. The second kappa shape index (κ2) is 10.4. The molecule has 0 saturated carbocycles. The lowest BCUT2D eigenvalue weighted by Crippen LogP contribution is -2.34. The van der Waals surface area contributed by atoms with Crippen LogP contribution in [0.5, 0.6) is 11.5 Å². The zero-order valence-electron chi connectivity index (χ0n) is 19.4. The number of ether oxygens (including phenoxy) is 2. The number of hydrogen-bond acceptors (Lipinski definition) is 6. The van der Waals surface area contributed by atoms with Crippen LogP contribution in [-0.4, -0.2) is 41.5 Å². The van der Waals surface area contributed by atoms with Gasteiger partial charge < -0.3 is 14.8 Å². The first-order chi connectivity index (χ1) is 16.1. The van der Waals surface area contributed by atoms with E-state index >= 15 is 0 Å². The molecule has 1 aromatic heterocycles. The molecule has 1 amide bonds. The number of benzene rings is 2. The number of anilines is 1. The summed E-state index contributed by atoms with van der Waals surface area (Å²) in [4.78, 5) is 24.5. The molecule has 0 radical (unpaired) electrons. The van der Waals surface area contributed by atoms with Gasteiger partial charge in [-0.2, -0.15) is 0 Å². The third-order valence-electron chi connectivity index (χ3n) is 6.05. The Morgan fingerprint density at radius 3 is 2.67 bits per heavy atom. The molecular formula is C26H30N4O3. The van der Waals surface area contributed by atoms with E-state index in [0.717, 1.165) is 60.9 Å². The van der Waals surface area contributed by atoms with Crippen molar-refractivity contribution in [1.82, 2.24) is 14.9 Å². The van der Waals surface area contributed by atoms with Crippen molar-refractivity contribution in [3.8, 4) is 11.5 Å². The van der Waals surface area contributed by atoms with Crippen LogP contribution in [0.1, 0.15) is 52.7 Å². The summed E-state index contributed by atoms with van der Waals surface area (Å²) >= 11 is 0. The van der Waals surface area contributed by atoms with Gasteiger partial charge in [0.05, 0.1) is 31.5 Å². The van der Waals surface area contributed by atoms with Crippen LogP contribution in [0.2, 0.25) is 0 Å². The number of para-hydroxylation sites is 1. The molecule has 33 heavy (non-hydrogen) atoms. The van der Waals surface area contributed by atoms with E-state index in [4.69, 9.17) is 14.5 Å². The van der Waals surface area contributed by atoms with Gasteiger partial charge >= 0.3 is 0 Å². The Morgan fingerprint density at radius 2 is 1.94 bits per heavy atom. The molecule has 2 heterocycles. The Morgan fingerprint density at radius 1 is 1.12 bits per heavy atom. The first-order valence-corrected chi connectivity index (χ1v) is 11.2. The van der Waals surface area contributed by atoms with Crippen LogP contribution in [0, 0.1) is 6.92 Å². The second-order valence-corrected chi connectivity index (χ2v) is 8.21. The zero-order chi connectivity index (χ0) is 23.2. The first kappa shape index (κ1) is 22.7. The van der Waals surface area contributed by atoms with Gasteiger partial charge in [-0.3, -0.25) is 9.69 Å². The summed E-state index contributed by atoms with van der Waals surface area (Å²) in [6.07, 6.45) is 4.88. The summed E-state index contributed by atoms with van der Waals surface area (Å²) in [5.41, 5.74) is 3.02. The third-order valence-corrected chi connectivity index (χ3v) is 6.05. The fourth-order valence-electron chi connectivity index (χ4n) is 4.26. The number of methoxy groups -OCH3 is 2. The van der Waals surface area contributed by atoms with E-state index in [1.165, 1.54) is 0 Å². The summed E-state index contributed by atoms with van der Waals surface area (Å²) in [6, 6.07) is 15.4. The number of nitrogens with zero attached hydrogens (tertiary/aromatic N) is 3. The molecule has 1 aliphatic heterocycles. The summed E-state index contributed by atoms with van der Waals surface area (Å²) in [7, 11) is 3.33. The maximum Gasteiger partial charge on any atom is 0.259 e. The maximum absolute atomic E-state index is 12.7. The Kier molecular flexibility index (Phi) is 7.19. The Bertz CT molecular complexity index is 1100. The van der Waals surface area contributed by atoms with Crippen LogP contribution in [0.3, 0.4) is 0 Å². The Balaban J connectivity index is 1.53. The van der Waals surface area contributed by atoms with E-state index in [0.29, 0.717) is 11.3 Å². The van der Waals surface area contributed by atoms with Crippen molar-refractivity contribution in [3.63, 3.8) is 0 Å². The summed E-state index contributed by atoms with van der Waals surface area (Å²) in [5, 5.41) is 2.91. The van der Waals surface area contributed by atoms with Crippen LogP contribution < -0.4 is 14.8 Å². The van der Waals surface area contributed by atoms with Gasteiger partial charge in [-0.1, -0.05) is 30.7 Å². The van der Waals surface area contributed by atoms with E-state index in [1.54, 1.807) is 20.4 Å². The minimum Gasteiger partial charge on any atom is -0.497 e. The first-order valence-electron chi connectivity index (χ1n) is 11.2. The fourth-order valence-corrected chi connectivity index (χ4v) is 4.26. The van der Waals surface area contributed by atoms with Gasteiger partial charge in [-0.15, -0.1) is 0 Å². The van der Waals surface area contributed by atoms with Gasteiger partial charge in [0.2, 0.25) is 0 Å². The molecule has 1 aliphatic rings. The number of piperidine rings is 1. The summed E-state index contributed by atoms with van der Waals surface area (Å²) in [6.45, 7) is 3.56. The van der Waals surface area contributed by atoms with Gasteiger partial charge in [0, 0.05) is 30.1 Å². The van der Waals surface area contributed by atoms with E-state index in [2.05, 4.69) is 15.2 Å². The number of hydrogen-bond donors (Lipinski definition) is 1. The molecule has 0 bridgehead atoms. The molecular weight excluding hydrogens is 416 g/mol. The topological polar surface area (TPSA) is 76.6 Å². The smallest absolute Gasteiger partial charge is 0.259 e. The highest BCUT2D eigenvalue weighted by molar-refractivity contribution is 6.04. The Labute approximate surface area is 194 Å². The molecule has 1 atom stereocenters. The van der Waals surface area contributed by atoms with Crippen molar-refractivity contribution in [1.29, 1.82) is 0 Å². The number of nitrogens with one attached hydrogen (secondary N) is 1. The van der Waals surface area contributed by atoms with Crippen molar-refractivity contribution in [3.05, 3.63) is 77.4 Å². The van der Waals surface area contributed by atoms with Crippen LogP contribution in [0.4, 0.5) is 5.69 Å². The SMILES string of the molecule is COc1ccc(CN2CCCC[C@@H]2c2ncc(C(=O)Nc3ccccc3)c(C)n2)c(OC)c1. The lowest BCUT2D eigenvalue weighted by molar-refractivity contribution is 0.102. The van der Waals surface area contributed by atoms with Crippen LogP contribution in [-0.2, 0) is 6.54 Å². The molecule has 172 valence electrons. The van der Waals surface area contributed by atoms with E-state index in [9.17, 15) is 4.79 Å². The Hall–Kier alpha value is -3.45.